The second-order valence-electron chi connectivity index (χ2n) is 6.96. The average Bonchev–Trinajstić information content (AvgIpc) is 2.76. The first-order chi connectivity index (χ1) is 15.0. The smallest absolute Gasteiger partial charge is 0.251 e. The zero-order valence-electron chi connectivity index (χ0n) is 18.0. The second kappa shape index (κ2) is 13.0. The summed E-state index contributed by atoms with van der Waals surface area (Å²) < 4.78 is 4.96. The number of ether oxygens (including phenoxy) is 1. The molecule has 2 aromatic rings. The van der Waals surface area contributed by atoms with Gasteiger partial charge in [0.05, 0.1) is 6.54 Å². The molecule has 0 atom stereocenters. The third kappa shape index (κ3) is 8.88. The number of anilines is 3. The molecule has 0 unspecified atom stereocenters. The van der Waals surface area contributed by atoms with Crippen molar-refractivity contribution in [2.24, 2.45) is 0 Å². The van der Waals surface area contributed by atoms with Gasteiger partial charge in [-0.1, -0.05) is 13.0 Å². The highest BCUT2D eigenvalue weighted by Crippen LogP contribution is 2.14. The van der Waals surface area contributed by atoms with Crippen molar-refractivity contribution in [1.82, 2.24) is 5.32 Å². The van der Waals surface area contributed by atoms with Gasteiger partial charge in [-0.15, -0.1) is 0 Å². The lowest BCUT2D eigenvalue weighted by Gasteiger charge is -2.10. The average molecular weight is 427 g/mol. The molecular formula is C23H30N4O4. The number of hydrogen-bond acceptors (Lipinski definition) is 5. The minimum Gasteiger partial charge on any atom is -0.385 e. The van der Waals surface area contributed by atoms with E-state index in [9.17, 15) is 14.4 Å². The maximum absolute atomic E-state index is 12.3. The van der Waals surface area contributed by atoms with Gasteiger partial charge in [-0.05, 0) is 55.3 Å². The largest absolute Gasteiger partial charge is 0.385 e. The summed E-state index contributed by atoms with van der Waals surface area (Å²) in [6, 6.07) is 13.9. The Kier molecular flexibility index (Phi) is 10.0. The number of benzene rings is 2. The fraction of sp³-hybridized carbons (Fsp3) is 0.348. The lowest BCUT2D eigenvalue weighted by molar-refractivity contribution is -0.116. The first-order valence-corrected chi connectivity index (χ1v) is 10.3. The van der Waals surface area contributed by atoms with E-state index in [1.165, 1.54) is 0 Å². The van der Waals surface area contributed by atoms with Crippen LogP contribution in [0.15, 0.2) is 48.5 Å². The minimum absolute atomic E-state index is 0.0199. The van der Waals surface area contributed by atoms with Crippen LogP contribution in [0, 0.1) is 0 Å². The van der Waals surface area contributed by atoms with Gasteiger partial charge in [0, 0.05) is 49.3 Å². The molecule has 0 heterocycles. The molecule has 3 amide bonds. The number of amides is 3. The van der Waals surface area contributed by atoms with E-state index in [1.807, 2.05) is 6.92 Å². The number of carbonyl (C=O) groups excluding carboxylic acids is 3. The van der Waals surface area contributed by atoms with E-state index >= 15 is 0 Å². The Bertz CT molecular complexity index is 868. The van der Waals surface area contributed by atoms with Crippen molar-refractivity contribution in [3.8, 4) is 0 Å². The van der Waals surface area contributed by atoms with Gasteiger partial charge in [-0.25, -0.2) is 0 Å². The van der Waals surface area contributed by atoms with Crippen LogP contribution in [0.1, 0.15) is 36.5 Å². The van der Waals surface area contributed by atoms with E-state index < -0.39 is 0 Å². The SMILES string of the molecule is CCCC(=O)Nc1ccc(NCC(=O)Nc2cccc(C(=O)NCCCOC)c2)cc1. The predicted octanol–water partition coefficient (Wildman–Crippen LogP) is 3.24. The third-order valence-electron chi connectivity index (χ3n) is 4.32. The molecule has 31 heavy (non-hydrogen) atoms. The molecule has 0 aliphatic heterocycles. The summed E-state index contributed by atoms with van der Waals surface area (Å²) in [7, 11) is 1.62. The topological polar surface area (TPSA) is 109 Å². The molecule has 0 fully saturated rings. The summed E-state index contributed by atoms with van der Waals surface area (Å²) in [5.74, 6) is -0.456. The summed E-state index contributed by atoms with van der Waals surface area (Å²) in [5, 5.41) is 11.4. The number of hydrogen-bond donors (Lipinski definition) is 4. The first-order valence-electron chi connectivity index (χ1n) is 10.3. The first kappa shape index (κ1) is 23.9. The Hall–Kier alpha value is -3.39. The van der Waals surface area contributed by atoms with Gasteiger partial charge in [-0.2, -0.15) is 0 Å². The van der Waals surface area contributed by atoms with Crippen LogP contribution in [-0.4, -0.2) is 44.5 Å². The Morgan fingerprint density at radius 1 is 0.903 bits per heavy atom. The van der Waals surface area contributed by atoms with Gasteiger partial charge in [0.15, 0.2) is 0 Å². The Balaban J connectivity index is 1.80. The highest BCUT2D eigenvalue weighted by atomic mass is 16.5. The second-order valence-corrected chi connectivity index (χ2v) is 6.96. The van der Waals surface area contributed by atoms with Crippen molar-refractivity contribution in [3.05, 3.63) is 54.1 Å². The van der Waals surface area contributed by atoms with Gasteiger partial charge < -0.3 is 26.0 Å². The highest BCUT2D eigenvalue weighted by molar-refractivity contribution is 5.98. The lowest BCUT2D eigenvalue weighted by atomic mass is 10.2. The van der Waals surface area contributed by atoms with E-state index in [0.29, 0.717) is 36.5 Å². The van der Waals surface area contributed by atoms with Crippen molar-refractivity contribution in [1.29, 1.82) is 0 Å². The standard InChI is InChI=1S/C23H30N4O4/c1-3-6-21(28)26-19-11-9-18(10-12-19)25-16-22(29)27-20-8-4-7-17(15-20)23(30)24-13-5-14-31-2/h4,7-12,15,25H,3,5-6,13-14,16H2,1-2H3,(H,24,30)(H,26,28)(H,27,29). The monoisotopic (exact) mass is 426 g/mol. The minimum atomic E-state index is -0.238. The summed E-state index contributed by atoms with van der Waals surface area (Å²) in [4.78, 5) is 36.1. The normalized spacial score (nSPS) is 10.3. The van der Waals surface area contributed by atoms with Crippen LogP contribution in [-0.2, 0) is 14.3 Å². The van der Waals surface area contributed by atoms with Crippen LogP contribution in [0.4, 0.5) is 17.1 Å². The van der Waals surface area contributed by atoms with Crippen molar-refractivity contribution < 1.29 is 19.1 Å². The number of carbonyl (C=O) groups is 3. The fourth-order valence-corrected chi connectivity index (χ4v) is 2.77. The van der Waals surface area contributed by atoms with Crippen LogP contribution < -0.4 is 21.3 Å². The van der Waals surface area contributed by atoms with E-state index in [-0.39, 0.29) is 24.3 Å². The molecule has 166 valence electrons. The van der Waals surface area contributed by atoms with Gasteiger partial charge in [0.1, 0.15) is 0 Å². The molecule has 4 N–H and O–H groups in total. The Labute approximate surface area is 182 Å². The van der Waals surface area contributed by atoms with Crippen LogP contribution in [0.3, 0.4) is 0 Å². The van der Waals surface area contributed by atoms with Crippen LogP contribution >= 0.6 is 0 Å². The van der Waals surface area contributed by atoms with Gasteiger partial charge in [0.2, 0.25) is 11.8 Å². The van der Waals surface area contributed by atoms with E-state index in [4.69, 9.17) is 4.74 Å². The van der Waals surface area contributed by atoms with Gasteiger partial charge in [0.25, 0.3) is 5.91 Å². The number of nitrogens with one attached hydrogen (secondary N) is 4. The molecule has 0 spiro atoms. The molecule has 2 rings (SSSR count). The van der Waals surface area contributed by atoms with Crippen LogP contribution in [0.5, 0.6) is 0 Å². The maximum Gasteiger partial charge on any atom is 0.251 e. The van der Waals surface area contributed by atoms with Crippen LogP contribution in [0.25, 0.3) is 0 Å². The van der Waals surface area contributed by atoms with E-state index in [2.05, 4.69) is 21.3 Å². The lowest BCUT2D eigenvalue weighted by Crippen LogP contribution is -2.25. The Morgan fingerprint density at radius 3 is 2.32 bits per heavy atom. The molecule has 8 nitrogen and oxygen atoms in total. The van der Waals surface area contributed by atoms with Crippen molar-refractivity contribution in [2.45, 2.75) is 26.2 Å². The zero-order valence-corrected chi connectivity index (χ0v) is 18.0. The summed E-state index contributed by atoms with van der Waals surface area (Å²) >= 11 is 0. The molecule has 0 aliphatic carbocycles. The van der Waals surface area contributed by atoms with E-state index in [0.717, 1.165) is 18.5 Å². The Morgan fingerprint density at radius 2 is 1.61 bits per heavy atom. The van der Waals surface area contributed by atoms with Crippen molar-refractivity contribution >= 4 is 34.8 Å². The molecule has 0 bridgehead atoms. The van der Waals surface area contributed by atoms with Gasteiger partial charge in [-0.3, -0.25) is 14.4 Å². The summed E-state index contributed by atoms with van der Waals surface area (Å²) in [6.07, 6.45) is 2.01. The molecule has 8 heteroatoms. The zero-order chi connectivity index (χ0) is 22.5. The summed E-state index contributed by atoms with van der Waals surface area (Å²) in [6.45, 7) is 3.12. The molecule has 0 radical (unpaired) electrons. The van der Waals surface area contributed by atoms with E-state index in [1.54, 1.807) is 55.6 Å². The molecule has 0 aromatic heterocycles. The third-order valence-corrected chi connectivity index (χ3v) is 4.32. The fourth-order valence-electron chi connectivity index (χ4n) is 2.77. The molecule has 0 aliphatic rings. The molecule has 2 aromatic carbocycles. The van der Waals surface area contributed by atoms with Crippen molar-refractivity contribution in [2.75, 3.05) is 42.8 Å². The molecular weight excluding hydrogens is 396 g/mol. The quantitative estimate of drug-likeness (QED) is 0.390. The molecule has 0 saturated carbocycles. The summed E-state index contributed by atoms with van der Waals surface area (Å²) in [5.41, 5.74) is 2.49. The predicted molar refractivity (Wildman–Crippen MR) is 122 cm³/mol. The van der Waals surface area contributed by atoms with Gasteiger partial charge >= 0.3 is 0 Å². The number of methoxy groups -OCH3 is 1. The van der Waals surface area contributed by atoms with Crippen LogP contribution in [0.2, 0.25) is 0 Å². The highest BCUT2D eigenvalue weighted by Gasteiger charge is 2.08. The van der Waals surface area contributed by atoms with Crippen molar-refractivity contribution in [3.63, 3.8) is 0 Å². The maximum atomic E-state index is 12.3. The number of rotatable bonds is 12. The molecule has 0 saturated heterocycles.